The normalized spacial score (nSPS) is 19.3. The lowest BCUT2D eigenvalue weighted by atomic mass is 10.2. The van der Waals surface area contributed by atoms with Crippen molar-refractivity contribution < 1.29 is 14.3 Å². The molecular weight excluding hydrogens is 368 g/mol. The van der Waals surface area contributed by atoms with Crippen LogP contribution in [0.15, 0.2) is 42.6 Å². The van der Waals surface area contributed by atoms with E-state index in [-0.39, 0.29) is 12.0 Å². The van der Waals surface area contributed by atoms with Gasteiger partial charge in [0.2, 0.25) is 0 Å². The van der Waals surface area contributed by atoms with Crippen molar-refractivity contribution in [3.05, 3.63) is 48.2 Å². The smallest absolute Gasteiger partial charge is 0.254 e. The molecule has 1 N–H and O–H groups in total. The minimum atomic E-state index is 0.0484. The number of rotatable bonds is 6. The molecular formula is C22H28N4O3. The summed E-state index contributed by atoms with van der Waals surface area (Å²) < 4.78 is 11.1. The summed E-state index contributed by atoms with van der Waals surface area (Å²) in [7, 11) is 1.69. The number of pyridine rings is 1. The minimum absolute atomic E-state index is 0.0484. The lowest BCUT2D eigenvalue weighted by molar-refractivity contribution is 0.0746. The number of amides is 1. The molecule has 4 rings (SSSR count). The van der Waals surface area contributed by atoms with Crippen LogP contribution in [-0.2, 0) is 4.74 Å². The Balaban J connectivity index is 1.35. The fraction of sp³-hybridized carbons (Fsp3) is 0.455. The number of carbonyl (C=O) groups is 1. The number of nitrogens with one attached hydrogen (secondary N) is 1. The zero-order chi connectivity index (χ0) is 20.1. The Morgan fingerprint density at radius 3 is 2.83 bits per heavy atom. The highest BCUT2D eigenvalue weighted by Gasteiger charge is 2.24. The second-order valence-corrected chi connectivity index (χ2v) is 7.40. The summed E-state index contributed by atoms with van der Waals surface area (Å²) in [5.74, 6) is 1.63. The molecule has 2 saturated heterocycles. The Bertz CT molecular complexity index is 830. The quantitative estimate of drug-likeness (QED) is 0.810. The molecule has 2 aliphatic heterocycles. The average Bonchev–Trinajstić information content (AvgIpc) is 3.31. The molecule has 3 heterocycles. The van der Waals surface area contributed by atoms with Crippen molar-refractivity contribution in [2.75, 3.05) is 56.7 Å². The molecule has 0 aliphatic carbocycles. The van der Waals surface area contributed by atoms with E-state index in [0.717, 1.165) is 56.3 Å². The van der Waals surface area contributed by atoms with Gasteiger partial charge in [0.1, 0.15) is 11.6 Å². The summed E-state index contributed by atoms with van der Waals surface area (Å²) in [4.78, 5) is 21.5. The summed E-state index contributed by atoms with van der Waals surface area (Å²) in [6.07, 6.45) is 4.11. The van der Waals surface area contributed by atoms with E-state index in [2.05, 4.69) is 21.3 Å². The maximum Gasteiger partial charge on any atom is 0.254 e. The van der Waals surface area contributed by atoms with E-state index in [1.54, 1.807) is 19.4 Å². The van der Waals surface area contributed by atoms with Crippen molar-refractivity contribution in [3.8, 4) is 5.75 Å². The third-order valence-electron chi connectivity index (χ3n) is 5.53. The fourth-order valence-electron chi connectivity index (χ4n) is 3.91. The molecule has 2 aromatic rings. The Kier molecular flexibility index (Phi) is 6.14. The SMILES string of the molecule is COc1ccccc1N1CCN(C(=O)c2ccnc(NCC3CCCO3)c2)CC1. The van der Waals surface area contributed by atoms with Crippen LogP contribution in [-0.4, -0.2) is 68.3 Å². The molecule has 7 heteroatoms. The summed E-state index contributed by atoms with van der Waals surface area (Å²) in [6.45, 7) is 4.47. The van der Waals surface area contributed by atoms with Crippen LogP contribution in [0.4, 0.5) is 11.5 Å². The molecule has 0 radical (unpaired) electrons. The molecule has 0 spiro atoms. The Labute approximate surface area is 171 Å². The maximum absolute atomic E-state index is 13.0. The number of benzene rings is 1. The molecule has 0 bridgehead atoms. The van der Waals surface area contributed by atoms with Crippen LogP contribution in [0.5, 0.6) is 5.75 Å². The van der Waals surface area contributed by atoms with E-state index >= 15 is 0 Å². The number of piperazine rings is 1. The van der Waals surface area contributed by atoms with Gasteiger partial charge >= 0.3 is 0 Å². The zero-order valence-electron chi connectivity index (χ0n) is 16.8. The molecule has 2 aliphatic rings. The summed E-state index contributed by atoms with van der Waals surface area (Å²) in [6, 6.07) is 11.6. The topological polar surface area (TPSA) is 66.9 Å². The molecule has 29 heavy (non-hydrogen) atoms. The van der Waals surface area contributed by atoms with Gasteiger partial charge in [-0.15, -0.1) is 0 Å². The van der Waals surface area contributed by atoms with Crippen molar-refractivity contribution in [2.24, 2.45) is 0 Å². The third-order valence-corrected chi connectivity index (χ3v) is 5.53. The van der Waals surface area contributed by atoms with Gasteiger partial charge in [0.15, 0.2) is 0 Å². The minimum Gasteiger partial charge on any atom is -0.495 e. The van der Waals surface area contributed by atoms with Crippen molar-refractivity contribution in [1.82, 2.24) is 9.88 Å². The first-order valence-electron chi connectivity index (χ1n) is 10.2. The second-order valence-electron chi connectivity index (χ2n) is 7.40. The number of anilines is 2. The van der Waals surface area contributed by atoms with Crippen LogP contribution in [0.3, 0.4) is 0 Å². The van der Waals surface area contributed by atoms with E-state index in [1.807, 2.05) is 29.2 Å². The van der Waals surface area contributed by atoms with Gasteiger partial charge < -0.3 is 24.6 Å². The maximum atomic E-state index is 13.0. The first-order valence-corrected chi connectivity index (χ1v) is 10.2. The first kappa shape index (κ1) is 19.5. The Hall–Kier alpha value is -2.80. The summed E-state index contributed by atoms with van der Waals surface area (Å²) in [5.41, 5.74) is 1.74. The number of ether oxygens (including phenoxy) is 2. The molecule has 7 nitrogen and oxygen atoms in total. The largest absolute Gasteiger partial charge is 0.495 e. The highest BCUT2D eigenvalue weighted by molar-refractivity contribution is 5.95. The number of carbonyl (C=O) groups excluding carboxylic acids is 1. The number of para-hydroxylation sites is 2. The highest BCUT2D eigenvalue weighted by atomic mass is 16.5. The second kappa shape index (κ2) is 9.13. The van der Waals surface area contributed by atoms with E-state index in [4.69, 9.17) is 9.47 Å². The standard InChI is InChI=1S/C22H28N4O3/c1-28-20-7-3-2-6-19(20)25-10-12-26(13-11-25)22(27)17-8-9-23-21(15-17)24-16-18-5-4-14-29-18/h2-3,6-9,15,18H,4-5,10-14,16H2,1H3,(H,23,24). The zero-order valence-corrected chi connectivity index (χ0v) is 16.8. The molecule has 1 atom stereocenters. The van der Waals surface area contributed by atoms with Crippen LogP contribution < -0.4 is 15.0 Å². The molecule has 1 unspecified atom stereocenters. The molecule has 1 aromatic heterocycles. The first-order chi connectivity index (χ1) is 14.2. The predicted octanol–water partition coefficient (Wildman–Crippen LogP) is 2.64. The average molecular weight is 396 g/mol. The highest BCUT2D eigenvalue weighted by Crippen LogP contribution is 2.28. The molecule has 0 saturated carbocycles. The van der Waals surface area contributed by atoms with Crippen molar-refractivity contribution in [2.45, 2.75) is 18.9 Å². The number of hydrogen-bond acceptors (Lipinski definition) is 6. The van der Waals surface area contributed by atoms with Crippen LogP contribution in [0.1, 0.15) is 23.2 Å². The fourth-order valence-corrected chi connectivity index (χ4v) is 3.91. The Morgan fingerprint density at radius 1 is 1.24 bits per heavy atom. The van der Waals surface area contributed by atoms with Gasteiger partial charge in [-0.25, -0.2) is 4.98 Å². The summed E-state index contributed by atoms with van der Waals surface area (Å²) in [5, 5.41) is 3.30. The Morgan fingerprint density at radius 2 is 2.07 bits per heavy atom. The lowest BCUT2D eigenvalue weighted by Gasteiger charge is -2.36. The lowest BCUT2D eigenvalue weighted by Crippen LogP contribution is -2.48. The van der Waals surface area contributed by atoms with Gasteiger partial charge in [0, 0.05) is 51.1 Å². The van der Waals surface area contributed by atoms with Crippen LogP contribution in [0, 0.1) is 0 Å². The van der Waals surface area contributed by atoms with Crippen molar-refractivity contribution in [1.29, 1.82) is 0 Å². The number of nitrogens with zero attached hydrogens (tertiary/aromatic N) is 3. The number of hydrogen-bond donors (Lipinski definition) is 1. The van der Waals surface area contributed by atoms with Crippen LogP contribution in [0.25, 0.3) is 0 Å². The predicted molar refractivity (Wildman–Crippen MR) is 113 cm³/mol. The van der Waals surface area contributed by atoms with Crippen molar-refractivity contribution in [3.63, 3.8) is 0 Å². The molecule has 1 amide bonds. The van der Waals surface area contributed by atoms with Gasteiger partial charge in [-0.05, 0) is 37.1 Å². The molecule has 1 aromatic carbocycles. The monoisotopic (exact) mass is 396 g/mol. The summed E-state index contributed by atoms with van der Waals surface area (Å²) >= 11 is 0. The van der Waals surface area contributed by atoms with Gasteiger partial charge in [0.05, 0.1) is 18.9 Å². The van der Waals surface area contributed by atoms with Gasteiger partial charge in [0.25, 0.3) is 5.91 Å². The van der Waals surface area contributed by atoms with E-state index in [1.165, 1.54) is 0 Å². The molecule has 154 valence electrons. The van der Waals surface area contributed by atoms with E-state index in [9.17, 15) is 4.79 Å². The van der Waals surface area contributed by atoms with Gasteiger partial charge in [-0.1, -0.05) is 12.1 Å². The van der Waals surface area contributed by atoms with E-state index in [0.29, 0.717) is 18.7 Å². The van der Waals surface area contributed by atoms with Crippen molar-refractivity contribution >= 4 is 17.4 Å². The molecule has 2 fully saturated rings. The van der Waals surface area contributed by atoms with Gasteiger partial charge in [-0.3, -0.25) is 4.79 Å². The third kappa shape index (κ3) is 4.62. The van der Waals surface area contributed by atoms with Gasteiger partial charge in [-0.2, -0.15) is 0 Å². The van der Waals surface area contributed by atoms with Crippen LogP contribution >= 0.6 is 0 Å². The van der Waals surface area contributed by atoms with E-state index < -0.39 is 0 Å². The number of aromatic nitrogens is 1. The van der Waals surface area contributed by atoms with Crippen LogP contribution in [0.2, 0.25) is 0 Å². The number of methoxy groups -OCH3 is 1.